The fraction of sp³-hybridized carbons (Fsp3) is 0.381. The number of nitrogens with zero attached hydrogens (tertiary/aromatic N) is 1. The maximum absolute atomic E-state index is 12.8. The van der Waals surface area contributed by atoms with E-state index in [1.807, 2.05) is 41.3 Å². The van der Waals surface area contributed by atoms with Gasteiger partial charge in [0, 0.05) is 13.0 Å². The molecule has 2 aromatic carbocycles. The first-order chi connectivity index (χ1) is 12.6. The number of rotatable bonds is 6. The van der Waals surface area contributed by atoms with Crippen LogP contribution >= 0.6 is 15.9 Å². The summed E-state index contributed by atoms with van der Waals surface area (Å²) < 4.78 is 11.5. The van der Waals surface area contributed by atoms with Gasteiger partial charge in [0.1, 0.15) is 11.5 Å². The van der Waals surface area contributed by atoms with Crippen molar-refractivity contribution < 1.29 is 14.3 Å². The Balaban J connectivity index is 1.65. The van der Waals surface area contributed by atoms with Gasteiger partial charge in [0.15, 0.2) is 0 Å². The average Bonchev–Trinajstić information content (AvgIpc) is 3.16. The normalized spacial score (nSPS) is 16.6. The van der Waals surface area contributed by atoms with E-state index in [-0.39, 0.29) is 11.9 Å². The van der Waals surface area contributed by atoms with Crippen molar-refractivity contribution in [2.24, 2.45) is 0 Å². The first-order valence-corrected chi connectivity index (χ1v) is 9.67. The van der Waals surface area contributed by atoms with Crippen molar-refractivity contribution in [3.05, 3.63) is 58.1 Å². The molecule has 1 unspecified atom stereocenters. The predicted octanol–water partition coefficient (Wildman–Crippen LogP) is 4.76. The van der Waals surface area contributed by atoms with E-state index in [2.05, 4.69) is 22.0 Å². The van der Waals surface area contributed by atoms with Crippen molar-refractivity contribution in [3.8, 4) is 11.5 Å². The van der Waals surface area contributed by atoms with E-state index in [4.69, 9.17) is 9.47 Å². The van der Waals surface area contributed by atoms with Crippen LogP contribution in [0.3, 0.4) is 0 Å². The Kier molecular flexibility index (Phi) is 6.20. The van der Waals surface area contributed by atoms with Crippen LogP contribution in [0, 0.1) is 0 Å². The largest absolute Gasteiger partial charge is 0.497 e. The second kappa shape index (κ2) is 8.58. The summed E-state index contributed by atoms with van der Waals surface area (Å²) in [4.78, 5) is 14.8. The summed E-state index contributed by atoms with van der Waals surface area (Å²) in [5.41, 5.74) is 2.28. The summed E-state index contributed by atoms with van der Waals surface area (Å²) in [6, 6.07) is 14.2. The Morgan fingerprint density at radius 1 is 1.19 bits per heavy atom. The Hall–Kier alpha value is -2.01. The first-order valence-electron chi connectivity index (χ1n) is 8.88. The van der Waals surface area contributed by atoms with Crippen LogP contribution in [0.1, 0.15) is 36.4 Å². The highest BCUT2D eigenvalue weighted by molar-refractivity contribution is 9.10. The van der Waals surface area contributed by atoms with Crippen LogP contribution in [0.2, 0.25) is 0 Å². The molecule has 1 fully saturated rings. The molecular formula is C21H24BrNO3. The second-order valence-electron chi connectivity index (χ2n) is 6.49. The van der Waals surface area contributed by atoms with E-state index in [9.17, 15) is 4.79 Å². The van der Waals surface area contributed by atoms with Gasteiger partial charge < -0.3 is 14.4 Å². The number of carbonyl (C=O) groups excluding carboxylic acids is 1. The number of likely N-dealkylation sites (tertiary alicyclic amines) is 1. The molecule has 4 nitrogen and oxygen atoms in total. The molecule has 1 aliphatic heterocycles. The van der Waals surface area contributed by atoms with Crippen LogP contribution in [-0.4, -0.2) is 31.6 Å². The van der Waals surface area contributed by atoms with Crippen molar-refractivity contribution in [3.63, 3.8) is 0 Å². The van der Waals surface area contributed by atoms with Crippen LogP contribution < -0.4 is 9.47 Å². The monoisotopic (exact) mass is 417 g/mol. The number of halogens is 1. The third-order valence-corrected chi connectivity index (χ3v) is 5.52. The molecule has 138 valence electrons. The highest BCUT2D eigenvalue weighted by Crippen LogP contribution is 2.34. The minimum atomic E-state index is 0.153. The Morgan fingerprint density at radius 2 is 2.04 bits per heavy atom. The quantitative estimate of drug-likeness (QED) is 0.679. The second-order valence-corrected chi connectivity index (χ2v) is 7.35. The Labute approximate surface area is 163 Å². The minimum Gasteiger partial charge on any atom is -0.497 e. The number of benzene rings is 2. The number of ether oxygens (including phenoxy) is 2. The lowest BCUT2D eigenvalue weighted by atomic mass is 10.0. The lowest BCUT2D eigenvalue weighted by Crippen LogP contribution is -2.30. The molecule has 0 aliphatic carbocycles. The van der Waals surface area contributed by atoms with Gasteiger partial charge in [0.05, 0.1) is 24.7 Å². The smallest absolute Gasteiger partial charge is 0.223 e. The Morgan fingerprint density at radius 3 is 2.77 bits per heavy atom. The lowest BCUT2D eigenvalue weighted by Gasteiger charge is -2.25. The van der Waals surface area contributed by atoms with Crippen LogP contribution in [-0.2, 0) is 11.2 Å². The molecule has 1 saturated heterocycles. The van der Waals surface area contributed by atoms with Gasteiger partial charge in [0.2, 0.25) is 5.91 Å². The maximum Gasteiger partial charge on any atom is 0.223 e. The van der Waals surface area contributed by atoms with E-state index in [0.717, 1.165) is 52.9 Å². The fourth-order valence-electron chi connectivity index (χ4n) is 3.52. The molecule has 1 heterocycles. The summed E-state index contributed by atoms with van der Waals surface area (Å²) >= 11 is 3.50. The average molecular weight is 418 g/mol. The van der Waals surface area contributed by atoms with Crippen LogP contribution in [0.5, 0.6) is 11.5 Å². The summed E-state index contributed by atoms with van der Waals surface area (Å²) in [6.07, 6.45) is 3.29. The zero-order valence-corrected chi connectivity index (χ0v) is 16.8. The maximum atomic E-state index is 12.8. The van der Waals surface area contributed by atoms with Crippen LogP contribution in [0.25, 0.3) is 0 Å². The summed E-state index contributed by atoms with van der Waals surface area (Å²) in [5, 5.41) is 0. The number of methoxy groups -OCH3 is 2. The number of aryl methyl sites for hydroxylation is 1. The van der Waals surface area contributed by atoms with E-state index in [0.29, 0.717) is 6.42 Å². The number of carbonyl (C=O) groups is 1. The van der Waals surface area contributed by atoms with Crippen molar-refractivity contribution in [1.82, 2.24) is 4.90 Å². The Bertz CT molecular complexity index is 778. The van der Waals surface area contributed by atoms with Gasteiger partial charge >= 0.3 is 0 Å². The van der Waals surface area contributed by atoms with E-state index in [1.54, 1.807) is 14.2 Å². The van der Waals surface area contributed by atoms with Crippen molar-refractivity contribution >= 4 is 21.8 Å². The fourth-order valence-corrected chi connectivity index (χ4v) is 4.11. The zero-order chi connectivity index (χ0) is 18.5. The van der Waals surface area contributed by atoms with Gasteiger partial charge in [0.25, 0.3) is 0 Å². The van der Waals surface area contributed by atoms with Crippen molar-refractivity contribution in [2.75, 3.05) is 20.8 Å². The van der Waals surface area contributed by atoms with Crippen LogP contribution in [0.15, 0.2) is 46.9 Å². The molecule has 0 radical (unpaired) electrons. The molecule has 1 aliphatic rings. The van der Waals surface area contributed by atoms with E-state index >= 15 is 0 Å². The van der Waals surface area contributed by atoms with Crippen molar-refractivity contribution in [1.29, 1.82) is 0 Å². The molecule has 0 N–H and O–H groups in total. The highest BCUT2D eigenvalue weighted by Gasteiger charge is 2.29. The molecule has 0 spiro atoms. The van der Waals surface area contributed by atoms with Gasteiger partial charge in [-0.3, -0.25) is 4.79 Å². The number of amides is 1. The molecule has 2 aromatic rings. The highest BCUT2D eigenvalue weighted by atomic mass is 79.9. The molecule has 1 atom stereocenters. The van der Waals surface area contributed by atoms with E-state index in [1.165, 1.54) is 0 Å². The molecular weight excluding hydrogens is 394 g/mol. The lowest BCUT2D eigenvalue weighted by molar-refractivity contribution is -0.132. The molecule has 3 rings (SSSR count). The summed E-state index contributed by atoms with van der Waals surface area (Å²) in [5.74, 6) is 1.85. The third-order valence-electron chi connectivity index (χ3n) is 4.90. The summed E-state index contributed by atoms with van der Waals surface area (Å²) in [7, 11) is 3.32. The van der Waals surface area contributed by atoms with Gasteiger partial charge in [-0.15, -0.1) is 0 Å². The van der Waals surface area contributed by atoms with Gasteiger partial charge in [-0.1, -0.05) is 18.2 Å². The van der Waals surface area contributed by atoms with Gasteiger partial charge in [-0.2, -0.15) is 0 Å². The minimum absolute atomic E-state index is 0.153. The molecule has 0 saturated carbocycles. The van der Waals surface area contributed by atoms with E-state index < -0.39 is 0 Å². The predicted molar refractivity (Wildman–Crippen MR) is 106 cm³/mol. The summed E-state index contributed by atoms with van der Waals surface area (Å²) in [6.45, 7) is 0.826. The first kappa shape index (κ1) is 18.8. The SMILES string of the molecule is COc1cccc(C2CCCN2C(=O)CCc2ccc(OC)c(Br)c2)c1. The standard InChI is InChI=1S/C21H24BrNO3/c1-25-17-6-3-5-16(14-17)19-7-4-12-23(19)21(24)11-9-15-8-10-20(26-2)18(22)13-15/h3,5-6,8,10,13-14,19H,4,7,9,11-12H2,1-2H3. The van der Waals surface area contributed by atoms with Crippen molar-refractivity contribution in [2.45, 2.75) is 31.7 Å². The molecule has 0 aromatic heterocycles. The topological polar surface area (TPSA) is 38.8 Å². The number of hydrogen-bond donors (Lipinski definition) is 0. The molecule has 26 heavy (non-hydrogen) atoms. The van der Waals surface area contributed by atoms with Gasteiger partial charge in [-0.05, 0) is 70.6 Å². The molecule has 0 bridgehead atoms. The number of hydrogen-bond acceptors (Lipinski definition) is 3. The zero-order valence-electron chi connectivity index (χ0n) is 15.2. The van der Waals surface area contributed by atoms with Crippen LogP contribution in [0.4, 0.5) is 0 Å². The van der Waals surface area contributed by atoms with Gasteiger partial charge in [-0.25, -0.2) is 0 Å². The molecule has 5 heteroatoms. The molecule has 1 amide bonds. The third kappa shape index (κ3) is 4.21.